The van der Waals surface area contributed by atoms with Crippen LogP contribution in [0.4, 0.5) is 5.69 Å². The topological polar surface area (TPSA) is 53.2 Å². The van der Waals surface area contributed by atoms with Crippen molar-refractivity contribution in [3.63, 3.8) is 0 Å². The molecule has 3 rings (SSSR count). The van der Waals surface area contributed by atoms with E-state index in [9.17, 15) is 4.21 Å². The molecule has 0 saturated carbocycles. The number of hydrogen-bond acceptors (Lipinski definition) is 4. The summed E-state index contributed by atoms with van der Waals surface area (Å²) in [5, 5.41) is 0. The second-order valence-corrected chi connectivity index (χ2v) is 11.4. The van der Waals surface area contributed by atoms with Gasteiger partial charge in [0.15, 0.2) is 0 Å². The van der Waals surface area contributed by atoms with Gasteiger partial charge in [-0.2, -0.15) is 0 Å². The maximum atomic E-state index is 11.2. The summed E-state index contributed by atoms with van der Waals surface area (Å²) >= 11 is 1.86. The molecule has 4 nitrogen and oxygen atoms in total. The molecule has 0 amide bonds. The molecule has 7 heteroatoms. The molecule has 1 aliphatic heterocycles. The molecule has 1 saturated heterocycles. The molecular weight excluding hydrogens is 346 g/mol. The Bertz CT molecular complexity index is 697. The Morgan fingerprint density at radius 2 is 1.96 bits per heavy atom. The molecule has 0 spiro atoms. The van der Waals surface area contributed by atoms with Gasteiger partial charge in [0.2, 0.25) is 0 Å². The SMILES string of the molecule is CS(=O)Nc1ccc(-c2ccc([C@@H]3CCNS(C)(C)N3)s2)cc1. The largest absolute Gasteiger partial charge is 0.305 e. The average Bonchev–Trinajstić information content (AvgIpc) is 2.96. The molecule has 23 heavy (non-hydrogen) atoms. The van der Waals surface area contributed by atoms with E-state index >= 15 is 0 Å². The van der Waals surface area contributed by atoms with E-state index in [2.05, 4.69) is 50.9 Å². The lowest BCUT2D eigenvalue weighted by Crippen LogP contribution is -2.40. The number of nitrogens with one attached hydrogen (secondary N) is 3. The normalized spacial score (nSPS) is 23.2. The highest BCUT2D eigenvalue weighted by Crippen LogP contribution is 2.41. The van der Waals surface area contributed by atoms with Crippen LogP contribution in [-0.2, 0) is 11.0 Å². The summed E-state index contributed by atoms with van der Waals surface area (Å²) < 4.78 is 21.4. The van der Waals surface area contributed by atoms with Gasteiger partial charge >= 0.3 is 0 Å². The number of rotatable bonds is 4. The Balaban J connectivity index is 1.75. The minimum absolute atomic E-state index is 0.448. The first-order valence-electron chi connectivity index (χ1n) is 7.48. The van der Waals surface area contributed by atoms with E-state index in [1.54, 1.807) is 6.26 Å². The Morgan fingerprint density at radius 3 is 2.61 bits per heavy atom. The predicted molar refractivity (Wildman–Crippen MR) is 105 cm³/mol. The maximum absolute atomic E-state index is 11.2. The van der Waals surface area contributed by atoms with Crippen LogP contribution in [0.3, 0.4) is 0 Å². The maximum Gasteiger partial charge on any atom is 0.113 e. The quantitative estimate of drug-likeness (QED) is 0.771. The van der Waals surface area contributed by atoms with Crippen molar-refractivity contribution in [2.75, 3.05) is 30.0 Å². The van der Waals surface area contributed by atoms with Crippen LogP contribution in [0.15, 0.2) is 36.4 Å². The van der Waals surface area contributed by atoms with E-state index < -0.39 is 21.4 Å². The van der Waals surface area contributed by atoms with Crippen molar-refractivity contribution in [2.24, 2.45) is 0 Å². The molecule has 2 heterocycles. The number of benzene rings is 1. The third-order valence-electron chi connectivity index (χ3n) is 3.73. The summed E-state index contributed by atoms with van der Waals surface area (Å²) in [6.45, 7) is 1.07. The molecule has 3 N–H and O–H groups in total. The first-order valence-corrected chi connectivity index (χ1v) is 12.3. The molecule has 1 unspecified atom stereocenters. The van der Waals surface area contributed by atoms with Crippen LogP contribution in [0.5, 0.6) is 0 Å². The highest BCUT2D eigenvalue weighted by atomic mass is 32.3. The fraction of sp³-hybridized carbons (Fsp3) is 0.375. The molecule has 126 valence electrons. The van der Waals surface area contributed by atoms with E-state index in [4.69, 9.17) is 0 Å². The highest BCUT2D eigenvalue weighted by Gasteiger charge is 2.24. The predicted octanol–water partition coefficient (Wildman–Crippen LogP) is 3.64. The van der Waals surface area contributed by atoms with Gasteiger partial charge in [-0.05, 0) is 48.8 Å². The third kappa shape index (κ3) is 4.36. The second-order valence-electron chi connectivity index (χ2n) is 6.02. The standard InChI is InChI=1S/C16H23N3OS3/c1-22(20)18-13-6-4-12(5-7-13)15-8-9-16(21-15)14-10-11-17-23(2,3)19-14/h4-9,14,17-19H,10-11H2,1-3H3/t14-,22?/m0/s1. The van der Waals surface area contributed by atoms with Crippen LogP contribution in [-0.4, -0.2) is 29.5 Å². The van der Waals surface area contributed by atoms with Crippen LogP contribution in [0.2, 0.25) is 0 Å². The number of thiophene rings is 1. The minimum Gasteiger partial charge on any atom is -0.305 e. The zero-order chi connectivity index (χ0) is 16.4. The van der Waals surface area contributed by atoms with Crippen LogP contribution in [0, 0.1) is 0 Å². The fourth-order valence-corrected chi connectivity index (χ4v) is 5.99. The van der Waals surface area contributed by atoms with Gasteiger partial charge in [0.05, 0.1) is 6.04 Å². The van der Waals surface area contributed by atoms with Crippen molar-refractivity contribution in [2.45, 2.75) is 12.5 Å². The van der Waals surface area contributed by atoms with Crippen molar-refractivity contribution in [3.8, 4) is 10.4 Å². The third-order valence-corrected chi connectivity index (χ3v) is 7.30. The zero-order valence-corrected chi connectivity index (χ0v) is 16.0. The molecular formula is C16H23N3OS3. The highest BCUT2D eigenvalue weighted by molar-refractivity contribution is 8.29. The average molecular weight is 370 g/mol. The molecule has 0 radical (unpaired) electrons. The van der Waals surface area contributed by atoms with Crippen molar-refractivity contribution in [3.05, 3.63) is 41.3 Å². The van der Waals surface area contributed by atoms with Crippen molar-refractivity contribution >= 4 is 38.4 Å². The lowest BCUT2D eigenvalue weighted by atomic mass is 10.1. The Kier molecular flexibility index (Phi) is 5.13. The van der Waals surface area contributed by atoms with Crippen molar-refractivity contribution in [1.82, 2.24) is 9.44 Å². The fourth-order valence-electron chi connectivity index (χ4n) is 2.68. The molecule has 0 bridgehead atoms. The van der Waals surface area contributed by atoms with Gasteiger partial charge < -0.3 is 4.72 Å². The van der Waals surface area contributed by atoms with Gasteiger partial charge in [-0.1, -0.05) is 12.1 Å². The monoisotopic (exact) mass is 369 g/mol. The van der Waals surface area contributed by atoms with Gasteiger partial charge in [0, 0.05) is 28.2 Å². The Hall–Kier alpha value is -0.860. The van der Waals surface area contributed by atoms with Crippen LogP contribution >= 0.6 is 21.7 Å². The Morgan fingerprint density at radius 1 is 1.22 bits per heavy atom. The van der Waals surface area contributed by atoms with Crippen molar-refractivity contribution < 1.29 is 4.21 Å². The summed E-state index contributed by atoms with van der Waals surface area (Å²) in [4.78, 5) is 2.68. The van der Waals surface area contributed by atoms with Gasteiger partial charge in [0.25, 0.3) is 0 Å². The van der Waals surface area contributed by atoms with Gasteiger partial charge in [0.1, 0.15) is 11.0 Å². The molecule has 2 aromatic rings. The number of anilines is 1. The van der Waals surface area contributed by atoms with Gasteiger partial charge in [-0.15, -0.1) is 21.7 Å². The van der Waals surface area contributed by atoms with Crippen molar-refractivity contribution in [1.29, 1.82) is 0 Å². The Labute approximate surface area is 146 Å². The molecule has 1 aromatic carbocycles. The van der Waals surface area contributed by atoms with E-state index in [1.165, 1.54) is 15.3 Å². The molecule has 1 fully saturated rings. The summed E-state index contributed by atoms with van der Waals surface area (Å²) in [7, 11) is -1.92. The smallest absolute Gasteiger partial charge is 0.113 e. The van der Waals surface area contributed by atoms with E-state index in [0.717, 1.165) is 18.7 Å². The lowest BCUT2D eigenvalue weighted by Gasteiger charge is -2.42. The minimum atomic E-state index is -1.03. The summed E-state index contributed by atoms with van der Waals surface area (Å²) in [6, 6.07) is 13.0. The van der Waals surface area contributed by atoms with Crippen LogP contribution in [0.1, 0.15) is 17.3 Å². The summed E-state index contributed by atoms with van der Waals surface area (Å²) in [5.41, 5.74) is 2.09. The first-order chi connectivity index (χ1) is 10.9. The summed E-state index contributed by atoms with van der Waals surface area (Å²) in [6.07, 6.45) is 7.28. The molecule has 0 aliphatic carbocycles. The summed E-state index contributed by atoms with van der Waals surface area (Å²) in [5.74, 6) is 0. The molecule has 1 aliphatic rings. The van der Waals surface area contributed by atoms with E-state index in [-0.39, 0.29) is 0 Å². The van der Waals surface area contributed by atoms with Crippen LogP contribution < -0.4 is 14.2 Å². The van der Waals surface area contributed by atoms with Crippen LogP contribution in [0.25, 0.3) is 10.4 Å². The zero-order valence-electron chi connectivity index (χ0n) is 13.6. The van der Waals surface area contributed by atoms with E-state index in [0.29, 0.717) is 6.04 Å². The number of hydrogen-bond donors (Lipinski definition) is 3. The molecule has 2 atom stereocenters. The second kappa shape index (κ2) is 6.94. The van der Waals surface area contributed by atoms with Gasteiger partial charge in [-0.25, -0.2) is 4.21 Å². The lowest BCUT2D eigenvalue weighted by molar-refractivity contribution is 0.581. The molecule has 1 aromatic heterocycles. The first kappa shape index (κ1) is 17.0. The van der Waals surface area contributed by atoms with E-state index in [1.807, 2.05) is 23.5 Å². The van der Waals surface area contributed by atoms with Gasteiger partial charge in [-0.3, -0.25) is 9.44 Å².